The van der Waals surface area contributed by atoms with Gasteiger partial charge in [-0.3, -0.25) is 4.79 Å². The van der Waals surface area contributed by atoms with Crippen molar-refractivity contribution < 1.29 is 9.90 Å². The molecule has 0 aliphatic carbocycles. The molecule has 15 heavy (non-hydrogen) atoms. The van der Waals surface area contributed by atoms with Crippen molar-refractivity contribution in [1.29, 1.82) is 0 Å². The molecular weight excluding hydrogens is 190 g/mol. The van der Waals surface area contributed by atoms with E-state index in [1.807, 2.05) is 12.1 Å². The molecule has 0 saturated carbocycles. The molecule has 3 nitrogen and oxygen atoms in total. The van der Waals surface area contributed by atoms with E-state index < -0.39 is 0 Å². The Labute approximate surface area is 89.1 Å². The maximum Gasteiger partial charge on any atom is 0.150 e. The van der Waals surface area contributed by atoms with Gasteiger partial charge in [0, 0.05) is 5.92 Å². The second-order valence-electron chi connectivity index (χ2n) is 3.96. The van der Waals surface area contributed by atoms with Gasteiger partial charge in [0.2, 0.25) is 0 Å². The molecule has 3 heteroatoms. The number of ketones is 1. The molecule has 1 fully saturated rings. The topological polar surface area (TPSA) is 49.3 Å². The van der Waals surface area contributed by atoms with Gasteiger partial charge in [-0.05, 0) is 31.0 Å². The van der Waals surface area contributed by atoms with Gasteiger partial charge >= 0.3 is 0 Å². The summed E-state index contributed by atoms with van der Waals surface area (Å²) in [7, 11) is 0. The molecule has 1 saturated heterocycles. The summed E-state index contributed by atoms with van der Waals surface area (Å²) in [5.74, 6) is 0.618. The molecule has 2 N–H and O–H groups in total. The number of phenolic OH excluding ortho intramolecular Hbond substituents is 1. The van der Waals surface area contributed by atoms with Crippen LogP contribution in [0.1, 0.15) is 12.0 Å². The van der Waals surface area contributed by atoms with E-state index >= 15 is 0 Å². The number of nitrogens with one attached hydrogen (secondary N) is 1. The van der Waals surface area contributed by atoms with Crippen molar-refractivity contribution in [3.05, 3.63) is 29.8 Å². The van der Waals surface area contributed by atoms with Gasteiger partial charge in [-0.1, -0.05) is 18.2 Å². The summed E-state index contributed by atoms with van der Waals surface area (Å²) in [4.78, 5) is 11.6. The predicted molar refractivity (Wildman–Crippen MR) is 57.8 cm³/mol. The number of para-hydroxylation sites is 1. The first-order valence-electron chi connectivity index (χ1n) is 5.27. The number of phenols is 1. The van der Waals surface area contributed by atoms with Crippen LogP contribution in [0.3, 0.4) is 0 Å². The van der Waals surface area contributed by atoms with E-state index in [9.17, 15) is 9.90 Å². The van der Waals surface area contributed by atoms with Crippen molar-refractivity contribution in [3.63, 3.8) is 0 Å². The van der Waals surface area contributed by atoms with E-state index in [1.54, 1.807) is 12.1 Å². The number of Topliss-reactive ketones (excluding diaryl/α,β-unsaturated/α-hetero) is 1. The first-order chi connectivity index (χ1) is 7.27. The Morgan fingerprint density at radius 3 is 2.93 bits per heavy atom. The Kier molecular flexibility index (Phi) is 3.02. The van der Waals surface area contributed by atoms with Gasteiger partial charge in [-0.2, -0.15) is 0 Å². The summed E-state index contributed by atoms with van der Waals surface area (Å²) in [6.07, 6.45) is 1.53. The van der Waals surface area contributed by atoms with E-state index in [0.29, 0.717) is 18.7 Å². The van der Waals surface area contributed by atoms with Gasteiger partial charge in [0.1, 0.15) is 11.5 Å². The van der Waals surface area contributed by atoms with Crippen LogP contribution >= 0.6 is 0 Å². The van der Waals surface area contributed by atoms with Gasteiger partial charge in [0.15, 0.2) is 0 Å². The number of carbonyl (C=O) groups is 1. The van der Waals surface area contributed by atoms with Crippen molar-refractivity contribution in [3.8, 4) is 5.75 Å². The average molecular weight is 205 g/mol. The molecule has 80 valence electrons. The third-order valence-corrected chi connectivity index (χ3v) is 2.88. The largest absolute Gasteiger partial charge is 0.508 e. The highest BCUT2D eigenvalue weighted by atomic mass is 16.3. The first kappa shape index (κ1) is 10.2. The van der Waals surface area contributed by atoms with Crippen LogP contribution in [-0.4, -0.2) is 24.0 Å². The number of aromatic hydroxyl groups is 1. The molecule has 1 heterocycles. The predicted octanol–water partition coefficient (Wildman–Crippen LogP) is 1.11. The monoisotopic (exact) mass is 205 g/mol. The fraction of sp³-hybridized carbons (Fsp3) is 0.417. The average Bonchev–Trinajstić information content (AvgIpc) is 2.24. The van der Waals surface area contributed by atoms with Crippen LogP contribution in [0.2, 0.25) is 0 Å². The lowest BCUT2D eigenvalue weighted by atomic mass is 9.89. The number of hydrogen-bond donors (Lipinski definition) is 2. The van der Waals surface area contributed by atoms with Crippen molar-refractivity contribution >= 4 is 5.78 Å². The van der Waals surface area contributed by atoms with Crippen LogP contribution in [0.4, 0.5) is 0 Å². The van der Waals surface area contributed by atoms with Gasteiger partial charge in [0.25, 0.3) is 0 Å². The molecular formula is C12H15NO2. The zero-order valence-electron chi connectivity index (χ0n) is 8.57. The van der Waals surface area contributed by atoms with E-state index in [2.05, 4.69) is 5.32 Å². The van der Waals surface area contributed by atoms with Crippen molar-refractivity contribution in [2.24, 2.45) is 5.92 Å². The fourth-order valence-electron chi connectivity index (χ4n) is 1.96. The molecule has 0 aromatic heterocycles. The van der Waals surface area contributed by atoms with Crippen molar-refractivity contribution in [2.75, 3.05) is 13.1 Å². The Bertz CT molecular complexity index is 362. The normalized spacial score (nSPS) is 21.6. The summed E-state index contributed by atoms with van der Waals surface area (Å²) in [6.45, 7) is 1.36. The fourth-order valence-corrected chi connectivity index (χ4v) is 1.96. The molecule has 0 bridgehead atoms. The van der Waals surface area contributed by atoms with Gasteiger partial charge < -0.3 is 10.4 Å². The number of piperidine rings is 1. The maximum absolute atomic E-state index is 11.6. The third kappa shape index (κ3) is 2.36. The molecule has 2 rings (SSSR count). The Balaban J connectivity index is 2.08. The summed E-state index contributed by atoms with van der Waals surface area (Å²) < 4.78 is 0. The van der Waals surface area contributed by atoms with E-state index in [-0.39, 0.29) is 11.7 Å². The minimum absolute atomic E-state index is 0.0690. The molecule has 1 aromatic rings. The van der Waals surface area contributed by atoms with Crippen molar-refractivity contribution in [1.82, 2.24) is 5.32 Å². The van der Waals surface area contributed by atoms with Crippen LogP contribution in [0.15, 0.2) is 24.3 Å². The van der Waals surface area contributed by atoms with Crippen LogP contribution in [-0.2, 0) is 11.2 Å². The number of benzene rings is 1. The quantitative estimate of drug-likeness (QED) is 0.760. The highest BCUT2D eigenvalue weighted by Crippen LogP contribution is 2.22. The zero-order chi connectivity index (χ0) is 10.7. The zero-order valence-corrected chi connectivity index (χ0v) is 8.57. The molecule has 0 spiro atoms. The first-order valence-corrected chi connectivity index (χ1v) is 5.27. The minimum atomic E-state index is 0.0690. The van der Waals surface area contributed by atoms with Crippen LogP contribution < -0.4 is 5.32 Å². The minimum Gasteiger partial charge on any atom is -0.508 e. The van der Waals surface area contributed by atoms with Crippen LogP contribution in [0.25, 0.3) is 0 Å². The molecule has 1 aliphatic heterocycles. The summed E-state index contributed by atoms with van der Waals surface area (Å²) in [5.41, 5.74) is 0.873. The highest BCUT2D eigenvalue weighted by molar-refractivity contribution is 5.84. The third-order valence-electron chi connectivity index (χ3n) is 2.88. The second kappa shape index (κ2) is 4.45. The van der Waals surface area contributed by atoms with E-state index in [4.69, 9.17) is 0 Å². The molecule has 1 aliphatic rings. The molecule has 0 radical (unpaired) electrons. The maximum atomic E-state index is 11.6. The lowest BCUT2D eigenvalue weighted by molar-refractivity contribution is -0.123. The SMILES string of the molecule is O=C1CNCCC1Cc1ccccc1O. The van der Waals surface area contributed by atoms with Gasteiger partial charge in [-0.15, -0.1) is 0 Å². The van der Waals surface area contributed by atoms with Crippen molar-refractivity contribution in [2.45, 2.75) is 12.8 Å². The molecule has 1 atom stereocenters. The Hall–Kier alpha value is -1.35. The van der Waals surface area contributed by atoms with Crippen LogP contribution in [0, 0.1) is 5.92 Å². The molecule has 0 amide bonds. The number of hydrogen-bond acceptors (Lipinski definition) is 3. The summed E-state index contributed by atoms with van der Waals surface area (Å²) in [5, 5.41) is 12.7. The van der Waals surface area contributed by atoms with E-state index in [1.165, 1.54) is 0 Å². The Morgan fingerprint density at radius 1 is 1.40 bits per heavy atom. The lowest BCUT2D eigenvalue weighted by Gasteiger charge is -2.21. The van der Waals surface area contributed by atoms with Crippen LogP contribution in [0.5, 0.6) is 5.75 Å². The van der Waals surface area contributed by atoms with Gasteiger partial charge in [-0.25, -0.2) is 0 Å². The summed E-state index contributed by atoms with van der Waals surface area (Å²) in [6, 6.07) is 7.23. The number of carbonyl (C=O) groups excluding carboxylic acids is 1. The summed E-state index contributed by atoms with van der Waals surface area (Å²) >= 11 is 0. The van der Waals surface area contributed by atoms with E-state index in [0.717, 1.165) is 18.5 Å². The Morgan fingerprint density at radius 2 is 2.20 bits per heavy atom. The molecule has 1 unspecified atom stereocenters. The van der Waals surface area contributed by atoms with Gasteiger partial charge in [0.05, 0.1) is 6.54 Å². The number of rotatable bonds is 2. The lowest BCUT2D eigenvalue weighted by Crippen LogP contribution is -2.37. The molecule has 1 aromatic carbocycles. The smallest absolute Gasteiger partial charge is 0.150 e. The highest BCUT2D eigenvalue weighted by Gasteiger charge is 2.22. The standard InChI is InChI=1S/C12H15NO2/c14-11-4-2-1-3-9(11)7-10-5-6-13-8-12(10)15/h1-4,10,13-14H,5-8H2. The second-order valence-corrected chi connectivity index (χ2v) is 3.96.